The predicted octanol–water partition coefficient (Wildman–Crippen LogP) is 0.812. The molecule has 2 aliphatic heterocycles. The molecule has 3 nitrogen and oxygen atoms in total. The number of ether oxygens (including phenoxy) is 2. The molecule has 0 aromatic carbocycles. The number of rotatable bonds is 2. The molecule has 0 amide bonds. The summed E-state index contributed by atoms with van der Waals surface area (Å²) in [6.07, 6.45) is 3.11. The van der Waals surface area contributed by atoms with Gasteiger partial charge < -0.3 is 14.6 Å². The van der Waals surface area contributed by atoms with E-state index in [0.717, 1.165) is 45.7 Å². The zero-order valence-corrected chi connectivity index (χ0v) is 8.00. The first kappa shape index (κ1) is 9.44. The topological polar surface area (TPSA) is 38.7 Å². The maximum Gasteiger partial charge on any atom is 0.0501 e. The minimum absolute atomic E-state index is 0.106. The second-order valence-corrected chi connectivity index (χ2v) is 4.19. The van der Waals surface area contributed by atoms with Crippen LogP contribution >= 0.6 is 0 Å². The normalized spacial score (nSPS) is 33.5. The summed E-state index contributed by atoms with van der Waals surface area (Å²) in [5.41, 5.74) is 0.106. The lowest BCUT2D eigenvalue weighted by molar-refractivity contribution is -0.0516. The van der Waals surface area contributed by atoms with Gasteiger partial charge in [0.2, 0.25) is 0 Å². The highest BCUT2D eigenvalue weighted by Crippen LogP contribution is 2.41. The van der Waals surface area contributed by atoms with Crippen LogP contribution in [0.5, 0.6) is 0 Å². The fourth-order valence-electron chi connectivity index (χ4n) is 2.49. The molecule has 1 N–H and O–H groups in total. The number of aliphatic hydroxyl groups excluding tert-OH is 1. The molecular weight excluding hydrogens is 168 g/mol. The highest BCUT2D eigenvalue weighted by molar-refractivity contribution is 4.89. The lowest BCUT2D eigenvalue weighted by Crippen LogP contribution is -2.40. The van der Waals surface area contributed by atoms with Gasteiger partial charge in [0.15, 0.2) is 0 Å². The summed E-state index contributed by atoms with van der Waals surface area (Å²) in [6, 6.07) is 0. The average Bonchev–Trinajstić information content (AvgIpc) is 2.72. The van der Waals surface area contributed by atoms with Gasteiger partial charge in [-0.3, -0.25) is 0 Å². The molecule has 2 aliphatic rings. The van der Waals surface area contributed by atoms with Crippen LogP contribution in [0.1, 0.15) is 19.3 Å². The Morgan fingerprint density at radius 1 is 1.15 bits per heavy atom. The van der Waals surface area contributed by atoms with Crippen molar-refractivity contribution in [1.82, 2.24) is 0 Å². The highest BCUT2D eigenvalue weighted by Gasteiger charge is 2.41. The molecule has 0 saturated carbocycles. The van der Waals surface area contributed by atoms with Gasteiger partial charge in [0.25, 0.3) is 0 Å². The van der Waals surface area contributed by atoms with Gasteiger partial charge in [0.1, 0.15) is 0 Å². The van der Waals surface area contributed by atoms with Crippen molar-refractivity contribution in [2.45, 2.75) is 19.3 Å². The Hall–Kier alpha value is -0.120. The van der Waals surface area contributed by atoms with Gasteiger partial charge in [0.05, 0.1) is 6.61 Å². The van der Waals surface area contributed by atoms with Crippen LogP contribution in [0.2, 0.25) is 0 Å². The third-order valence-electron chi connectivity index (χ3n) is 3.60. The first-order chi connectivity index (χ1) is 6.37. The SMILES string of the molecule is OCC1(C2CCOC2)CCOCC1. The summed E-state index contributed by atoms with van der Waals surface area (Å²) in [5, 5.41) is 9.49. The fourth-order valence-corrected chi connectivity index (χ4v) is 2.49. The van der Waals surface area contributed by atoms with Crippen molar-refractivity contribution in [3.05, 3.63) is 0 Å². The van der Waals surface area contributed by atoms with Gasteiger partial charge in [-0.25, -0.2) is 0 Å². The van der Waals surface area contributed by atoms with E-state index in [2.05, 4.69) is 0 Å². The Bertz CT molecular complexity index is 158. The molecule has 0 aromatic rings. The quantitative estimate of drug-likeness (QED) is 0.693. The number of hydrogen-bond donors (Lipinski definition) is 1. The molecule has 0 radical (unpaired) electrons. The van der Waals surface area contributed by atoms with E-state index in [1.165, 1.54) is 0 Å². The Morgan fingerprint density at radius 2 is 1.92 bits per heavy atom. The zero-order valence-electron chi connectivity index (χ0n) is 8.00. The Labute approximate surface area is 79.0 Å². The summed E-state index contributed by atoms with van der Waals surface area (Å²) >= 11 is 0. The van der Waals surface area contributed by atoms with Crippen LogP contribution in [-0.2, 0) is 9.47 Å². The van der Waals surface area contributed by atoms with E-state index in [4.69, 9.17) is 9.47 Å². The molecule has 2 rings (SSSR count). The molecule has 0 bridgehead atoms. The van der Waals surface area contributed by atoms with Gasteiger partial charge in [-0.05, 0) is 25.2 Å². The van der Waals surface area contributed by atoms with Crippen molar-refractivity contribution >= 4 is 0 Å². The van der Waals surface area contributed by atoms with Crippen LogP contribution < -0.4 is 0 Å². The Balaban J connectivity index is 2.03. The van der Waals surface area contributed by atoms with Crippen LogP contribution in [0.25, 0.3) is 0 Å². The van der Waals surface area contributed by atoms with Gasteiger partial charge in [-0.2, -0.15) is 0 Å². The molecule has 2 heterocycles. The Kier molecular flexibility index (Phi) is 2.86. The third kappa shape index (κ3) is 1.73. The molecule has 2 saturated heterocycles. The van der Waals surface area contributed by atoms with Crippen molar-refractivity contribution in [3.8, 4) is 0 Å². The van der Waals surface area contributed by atoms with Crippen molar-refractivity contribution in [2.24, 2.45) is 11.3 Å². The fraction of sp³-hybridized carbons (Fsp3) is 1.00. The lowest BCUT2D eigenvalue weighted by Gasteiger charge is -2.39. The van der Waals surface area contributed by atoms with E-state index >= 15 is 0 Å². The van der Waals surface area contributed by atoms with Gasteiger partial charge >= 0.3 is 0 Å². The Morgan fingerprint density at radius 3 is 2.46 bits per heavy atom. The van der Waals surface area contributed by atoms with Crippen LogP contribution in [0.3, 0.4) is 0 Å². The molecule has 2 fully saturated rings. The molecule has 0 aliphatic carbocycles. The van der Waals surface area contributed by atoms with E-state index in [9.17, 15) is 5.11 Å². The minimum Gasteiger partial charge on any atom is -0.396 e. The van der Waals surface area contributed by atoms with E-state index in [1.54, 1.807) is 0 Å². The van der Waals surface area contributed by atoms with Gasteiger partial charge in [0, 0.05) is 31.8 Å². The van der Waals surface area contributed by atoms with E-state index < -0.39 is 0 Å². The van der Waals surface area contributed by atoms with E-state index in [0.29, 0.717) is 12.5 Å². The van der Waals surface area contributed by atoms with Crippen LogP contribution in [-0.4, -0.2) is 38.1 Å². The van der Waals surface area contributed by atoms with Crippen molar-refractivity contribution in [1.29, 1.82) is 0 Å². The predicted molar refractivity (Wildman–Crippen MR) is 48.5 cm³/mol. The monoisotopic (exact) mass is 186 g/mol. The van der Waals surface area contributed by atoms with E-state index in [-0.39, 0.29) is 5.41 Å². The molecular formula is C10H18O3. The summed E-state index contributed by atoms with van der Waals surface area (Å²) in [7, 11) is 0. The van der Waals surface area contributed by atoms with Crippen LogP contribution in [0, 0.1) is 11.3 Å². The summed E-state index contributed by atoms with van der Waals surface area (Å²) in [4.78, 5) is 0. The van der Waals surface area contributed by atoms with Crippen LogP contribution in [0.4, 0.5) is 0 Å². The van der Waals surface area contributed by atoms with E-state index in [1.807, 2.05) is 0 Å². The average molecular weight is 186 g/mol. The number of hydrogen-bond acceptors (Lipinski definition) is 3. The standard InChI is InChI=1S/C10H18O3/c11-8-10(2-5-12-6-3-10)9-1-4-13-7-9/h9,11H,1-8H2. The molecule has 1 atom stereocenters. The second kappa shape index (κ2) is 3.95. The third-order valence-corrected chi connectivity index (χ3v) is 3.60. The highest BCUT2D eigenvalue weighted by atomic mass is 16.5. The number of aliphatic hydroxyl groups is 1. The zero-order chi connectivity index (χ0) is 9.15. The van der Waals surface area contributed by atoms with Crippen molar-refractivity contribution < 1.29 is 14.6 Å². The molecule has 1 unspecified atom stereocenters. The molecule has 0 aromatic heterocycles. The second-order valence-electron chi connectivity index (χ2n) is 4.19. The molecule has 0 spiro atoms. The smallest absolute Gasteiger partial charge is 0.0501 e. The summed E-state index contributed by atoms with van der Waals surface area (Å²) < 4.78 is 10.7. The lowest BCUT2D eigenvalue weighted by atomic mass is 9.70. The van der Waals surface area contributed by atoms with Crippen LogP contribution in [0.15, 0.2) is 0 Å². The van der Waals surface area contributed by atoms with Gasteiger partial charge in [-0.15, -0.1) is 0 Å². The molecule has 76 valence electrons. The maximum atomic E-state index is 9.49. The van der Waals surface area contributed by atoms with Crippen molar-refractivity contribution in [2.75, 3.05) is 33.0 Å². The first-order valence-corrected chi connectivity index (χ1v) is 5.14. The summed E-state index contributed by atoms with van der Waals surface area (Å²) in [5.74, 6) is 0.557. The minimum atomic E-state index is 0.106. The molecule has 3 heteroatoms. The summed E-state index contributed by atoms with van der Waals surface area (Å²) in [6.45, 7) is 3.60. The first-order valence-electron chi connectivity index (χ1n) is 5.14. The van der Waals surface area contributed by atoms with Crippen molar-refractivity contribution in [3.63, 3.8) is 0 Å². The van der Waals surface area contributed by atoms with Gasteiger partial charge in [-0.1, -0.05) is 0 Å². The maximum absolute atomic E-state index is 9.49. The molecule has 13 heavy (non-hydrogen) atoms. The largest absolute Gasteiger partial charge is 0.396 e.